The average molecular weight is 251 g/mol. The minimum absolute atomic E-state index is 0.0684. The third kappa shape index (κ3) is 2.25. The summed E-state index contributed by atoms with van der Waals surface area (Å²) in [4.78, 5) is 22.9. The van der Waals surface area contributed by atoms with Crippen molar-refractivity contribution in [2.45, 2.75) is 44.9 Å². The van der Waals surface area contributed by atoms with Gasteiger partial charge in [0.25, 0.3) is 0 Å². The Morgan fingerprint density at radius 1 is 1.11 bits per heavy atom. The van der Waals surface area contributed by atoms with Crippen molar-refractivity contribution in [3.8, 4) is 0 Å². The lowest BCUT2D eigenvalue weighted by atomic mass is 9.99. The predicted molar refractivity (Wildman–Crippen MR) is 65.9 cm³/mol. The number of hydrogen-bond acceptors (Lipinski definition) is 2. The molecule has 0 aromatic rings. The van der Waals surface area contributed by atoms with E-state index in [1.54, 1.807) is 0 Å². The molecule has 0 aromatic carbocycles. The summed E-state index contributed by atoms with van der Waals surface area (Å²) in [5, 5.41) is 12.0. The number of carboxylic acid groups (broad SMARTS) is 1. The van der Waals surface area contributed by atoms with Gasteiger partial charge in [0, 0.05) is 12.5 Å². The van der Waals surface area contributed by atoms with E-state index in [2.05, 4.69) is 5.32 Å². The van der Waals surface area contributed by atoms with Gasteiger partial charge in [0.2, 0.25) is 5.91 Å². The van der Waals surface area contributed by atoms with Crippen molar-refractivity contribution < 1.29 is 14.7 Å². The number of nitrogens with one attached hydrogen (secondary N) is 1. The zero-order valence-electron chi connectivity index (χ0n) is 10.7. The van der Waals surface area contributed by atoms with Crippen LogP contribution in [-0.4, -0.2) is 23.5 Å². The summed E-state index contributed by atoms with van der Waals surface area (Å²) in [7, 11) is 0. The Morgan fingerprint density at radius 2 is 1.78 bits per heavy atom. The van der Waals surface area contributed by atoms with Crippen LogP contribution in [0.25, 0.3) is 0 Å². The molecule has 0 spiro atoms. The van der Waals surface area contributed by atoms with E-state index in [1.807, 2.05) is 0 Å². The fourth-order valence-corrected chi connectivity index (χ4v) is 3.44. The van der Waals surface area contributed by atoms with Crippen molar-refractivity contribution in [2.24, 2.45) is 23.2 Å². The minimum Gasteiger partial charge on any atom is -0.481 e. The molecular formula is C14H21NO3. The fourth-order valence-electron chi connectivity index (χ4n) is 3.44. The maximum atomic E-state index is 12.0. The standard InChI is InChI=1S/C14H21NO3/c16-12(9-1-2-10(7-9)13(17)18)15-8-14(5-6-14)11-3-4-11/h9-11H,1-8H2,(H,15,16)(H,17,18)/t9-,10+/m0/s1. The molecule has 4 nitrogen and oxygen atoms in total. The number of carbonyl (C=O) groups is 2. The Bertz CT molecular complexity index is 371. The lowest BCUT2D eigenvalue weighted by Gasteiger charge is -2.17. The molecule has 0 aliphatic heterocycles. The Hall–Kier alpha value is -1.06. The molecule has 2 atom stereocenters. The highest BCUT2D eigenvalue weighted by atomic mass is 16.4. The second-order valence-electron chi connectivity index (χ2n) is 6.40. The van der Waals surface area contributed by atoms with Crippen LogP contribution < -0.4 is 5.32 Å². The topological polar surface area (TPSA) is 66.4 Å². The first kappa shape index (κ1) is 12.0. The van der Waals surface area contributed by atoms with E-state index in [4.69, 9.17) is 5.11 Å². The van der Waals surface area contributed by atoms with Gasteiger partial charge in [-0.2, -0.15) is 0 Å². The number of rotatable bonds is 5. The second-order valence-corrected chi connectivity index (χ2v) is 6.40. The molecule has 1 amide bonds. The Labute approximate surface area is 107 Å². The molecule has 0 unspecified atom stereocenters. The van der Waals surface area contributed by atoms with Crippen LogP contribution in [0.1, 0.15) is 44.9 Å². The van der Waals surface area contributed by atoms with Crippen molar-refractivity contribution in [2.75, 3.05) is 6.54 Å². The van der Waals surface area contributed by atoms with Crippen LogP contribution in [-0.2, 0) is 9.59 Å². The molecular weight excluding hydrogens is 230 g/mol. The highest BCUT2D eigenvalue weighted by Gasteiger charge is 2.53. The second kappa shape index (κ2) is 4.25. The molecule has 18 heavy (non-hydrogen) atoms. The predicted octanol–water partition coefficient (Wildman–Crippen LogP) is 1.79. The van der Waals surface area contributed by atoms with Crippen LogP contribution in [0.3, 0.4) is 0 Å². The van der Waals surface area contributed by atoms with Crippen molar-refractivity contribution in [3.63, 3.8) is 0 Å². The third-order valence-corrected chi connectivity index (χ3v) is 5.10. The molecule has 0 aromatic heterocycles. The molecule has 0 saturated heterocycles. The molecule has 3 aliphatic carbocycles. The van der Waals surface area contributed by atoms with Gasteiger partial charge in [-0.3, -0.25) is 9.59 Å². The van der Waals surface area contributed by atoms with Crippen LogP contribution in [0.2, 0.25) is 0 Å². The number of carboxylic acids is 1. The lowest BCUT2D eigenvalue weighted by molar-refractivity contribution is -0.141. The first-order valence-corrected chi connectivity index (χ1v) is 7.11. The number of hydrogen-bond donors (Lipinski definition) is 2. The van der Waals surface area contributed by atoms with Gasteiger partial charge < -0.3 is 10.4 Å². The van der Waals surface area contributed by atoms with E-state index < -0.39 is 5.97 Å². The molecule has 3 fully saturated rings. The van der Waals surface area contributed by atoms with Gasteiger partial charge >= 0.3 is 5.97 Å². The van der Waals surface area contributed by atoms with E-state index in [0.29, 0.717) is 18.3 Å². The normalized spacial score (nSPS) is 33.1. The first-order valence-electron chi connectivity index (χ1n) is 7.11. The minimum atomic E-state index is -0.748. The smallest absolute Gasteiger partial charge is 0.306 e. The monoisotopic (exact) mass is 251 g/mol. The van der Waals surface area contributed by atoms with Crippen LogP contribution in [0.4, 0.5) is 0 Å². The fraction of sp³-hybridized carbons (Fsp3) is 0.857. The summed E-state index contributed by atoms with van der Waals surface area (Å²) in [6.45, 7) is 0.824. The highest BCUT2D eigenvalue weighted by Crippen LogP contribution is 2.60. The zero-order chi connectivity index (χ0) is 12.8. The summed E-state index contributed by atoms with van der Waals surface area (Å²) in [5.74, 6) is -0.180. The Kier molecular flexibility index (Phi) is 2.83. The Morgan fingerprint density at radius 3 is 2.28 bits per heavy atom. The number of aliphatic carboxylic acids is 1. The van der Waals surface area contributed by atoms with E-state index in [9.17, 15) is 9.59 Å². The van der Waals surface area contributed by atoms with E-state index in [1.165, 1.54) is 25.7 Å². The van der Waals surface area contributed by atoms with Crippen molar-refractivity contribution >= 4 is 11.9 Å². The summed E-state index contributed by atoms with van der Waals surface area (Å²) >= 11 is 0. The lowest BCUT2D eigenvalue weighted by Crippen LogP contribution is -2.35. The van der Waals surface area contributed by atoms with Crippen LogP contribution in [0.5, 0.6) is 0 Å². The molecule has 0 radical (unpaired) electrons. The van der Waals surface area contributed by atoms with Gasteiger partial charge in [0.15, 0.2) is 0 Å². The molecule has 0 heterocycles. The molecule has 0 bridgehead atoms. The molecule has 3 aliphatic rings. The third-order valence-electron chi connectivity index (χ3n) is 5.10. The zero-order valence-corrected chi connectivity index (χ0v) is 10.7. The SMILES string of the molecule is O=C(O)[C@@H]1CC[C@H](C(=O)NCC2(C3CC3)CC2)C1. The van der Waals surface area contributed by atoms with Gasteiger partial charge in [0.1, 0.15) is 0 Å². The molecule has 4 heteroatoms. The van der Waals surface area contributed by atoms with Crippen molar-refractivity contribution in [1.82, 2.24) is 5.32 Å². The van der Waals surface area contributed by atoms with Crippen LogP contribution in [0.15, 0.2) is 0 Å². The Balaban J connectivity index is 1.46. The maximum absolute atomic E-state index is 12.0. The van der Waals surface area contributed by atoms with E-state index in [-0.39, 0.29) is 17.7 Å². The quantitative estimate of drug-likeness (QED) is 0.783. The van der Waals surface area contributed by atoms with Gasteiger partial charge in [-0.1, -0.05) is 0 Å². The summed E-state index contributed by atoms with van der Waals surface area (Å²) in [6.07, 6.45) is 7.11. The van der Waals surface area contributed by atoms with Gasteiger partial charge in [-0.15, -0.1) is 0 Å². The van der Waals surface area contributed by atoms with Gasteiger partial charge in [0.05, 0.1) is 5.92 Å². The van der Waals surface area contributed by atoms with E-state index >= 15 is 0 Å². The summed E-state index contributed by atoms with van der Waals surface area (Å²) in [5.41, 5.74) is 0.431. The van der Waals surface area contributed by atoms with Crippen molar-refractivity contribution in [1.29, 1.82) is 0 Å². The summed E-state index contributed by atoms with van der Waals surface area (Å²) in [6, 6.07) is 0. The molecule has 3 rings (SSSR count). The molecule has 2 N–H and O–H groups in total. The van der Waals surface area contributed by atoms with E-state index in [0.717, 1.165) is 18.9 Å². The number of amides is 1. The maximum Gasteiger partial charge on any atom is 0.306 e. The van der Waals surface area contributed by atoms with Gasteiger partial charge in [-0.25, -0.2) is 0 Å². The van der Waals surface area contributed by atoms with Crippen LogP contribution >= 0.6 is 0 Å². The molecule has 3 saturated carbocycles. The first-order chi connectivity index (χ1) is 8.61. The molecule has 100 valence electrons. The average Bonchev–Trinajstić information content (AvgIpc) is 3.23. The largest absolute Gasteiger partial charge is 0.481 e. The summed E-state index contributed by atoms with van der Waals surface area (Å²) < 4.78 is 0. The van der Waals surface area contributed by atoms with Gasteiger partial charge in [-0.05, 0) is 56.3 Å². The van der Waals surface area contributed by atoms with Crippen LogP contribution in [0, 0.1) is 23.2 Å². The van der Waals surface area contributed by atoms with Crippen molar-refractivity contribution in [3.05, 3.63) is 0 Å². The number of carbonyl (C=O) groups excluding carboxylic acids is 1. The highest BCUT2D eigenvalue weighted by molar-refractivity contribution is 5.80.